The monoisotopic (exact) mass is 588 g/mol. The molecule has 5 rings (SSSR count). The molecular formula is C32H32N2O7S. The summed E-state index contributed by atoms with van der Waals surface area (Å²) in [6, 6.07) is 16.5. The van der Waals surface area contributed by atoms with Crippen molar-refractivity contribution in [2.75, 3.05) is 31.3 Å². The summed E-state index contributed by atoms with van der Waals surface area (Å²) in [5.74, 6) is 0.414. The molecule has 3 aromatic carbocycles. The number of thiazole rings is 1. The number of aliphatic hydroxyl groups is 1. The Balaban J connectivity index is 1.69. The van der Waals surface area contributed by atoms with Crippen molar-refractivity contribution in [2.45, 2.75) is 33.7 Å². The van der Waals surface area contributed by atoms with E-state index in [1.807, 2.05) is 45.9 Å². The minimum Gasteiger partial charge on any atom is -0.507 e. The quantitative estimate of drug-likeness (QED) is 0.120. The molecule has 0 aliphatic carbocycles. The van der Waals surface area contributed by atoms with Gasteiger partial charge in [-0.3, -0.25) is 14.5 Å². The molecule has 1 atom stereocenters. The van der Waals surface area contributed by atoms with E-state index in [4.69, 9.17) is 23.9 Å². The lowest BCUT2D eigenvalue weighted by Crippen LogP contribution is -2.29. The lowest BCUT2D eigenvalue weighted by Gasteiger charge is -2.24. The van der Waals surface area contributed by atoms with Crippen LogP contribution in [0.4, 0.5) is 5.13 Å². The molecule has 1 aliphatic heterocycles. The summed E-state index contributed by atoms with van der Waals surface area (Å²) >= 11 is 1.27. The van der Waals surface area contributed by atoms with Crippen molar-refractivity contribution in [3.63, 3.8) is 0 Å². The topological polar surface area (TPSA) is 107 Å². The van der Waals surface area contributed by atoms with Gasteiger partial charge in [0.2, 0.25) is 0 Å². The van der Waals surface area contributed by atoms with Crippen LogP contribution >= 0.6 is 11.3 Å². The van der Waals surface area contributed by atoms with E-state index in [2.05, 4.69) is 0 Å². The standard InChI is InChI=1S/C32H32N2O7S/c1-5-38-21-12-9-19(10-13-21)29(35)27-28(20-11-16-24(40-7-3)25(17-20)41-8-4)34(31(37)30(27)36)32-33-23-15-14-22(39-6-2)18-26(23)42-32/h9-18,28,35H,5-8H2,1-4H3/b29-27+. The van der Waals surface area contributed by atoms with Crippen LogP contribution < -0.4 is 23.8 Å². The fourth-order valence-electron chi connectivity index (χ4n) is 4.87. The molecule has 1 N–H and O–H groups in total. The van der Waals surface area contributed by atoms with Crippen molar-refractivity contribution in [1.82, 2.24) is 4.98 Å². The second-order valence-corrected chi connectivity index (χ2v) is 10.3. The molecule has 2 heterocycles. The molecule has 42 heavy (non-hydrogen) atoms. The van der Waals surface area contributed by atoms with Crippen LogP contribution in [0.25, 0.3) is 16.0 Å². The molecule has 0 bridgehead atoms. The number of benzene rings is 3. The fourth-order valence-corrected chi connectivity index (χ4v) is 5.89. The van der Waals surface area contributed by atoms with E-state index >= 15 is 0 Å². The van der Waals surface area contributed by atoms with Gasteiger partial charge in [0.1, 0.15) is 17.3 Å². The Labute approximate surface area is 247 Å². The first-order valence-electron chi connectivity index (χ1n) is 13.9. The molecule has 1 aromatic heterocycles. The largest absolute Gasteiger partial charge is 0.507 e. The van der Waals surface area contributed by atoms with Gasteiger partial charge in [0.15, 0.2) is 16.6 Å². The number of anilines is 1. The van der Waals surface area contributed by atoms with Crippen LogP contribution in [0, 0.1) is 0 Å². The number of rotatable bonds is 11. The number of fused-ring (bicyclic) bond motifs is 1. The predicted molar refractivity (Wildman–Crippen MR) is 162 cm³/mol. The highest BCUT2D eigenvalue weighted by Gasteiger charge is 2.48. The first kappa shape index (κ1) is 28.9. The zero-order valence-corrected chi connectivity index (χ0v) is 24.7. The molecule has 1 aliphatic rings. The molecule has 0 spiro atoms. The second kappa shape index (κ2) is 12.5. The van der Waals surface area contributed by atoms with Gasteiger partial charge in [-0.2, -0.15) is 0 Å². The van der Waals surface area contributed by atoms with E-state index in [9.17, 15) is 14.7 Å². The Morgan fingerprint density at radius 3 is 2.14 bits per heavy atom. The van der Waals surface area contributed by atoms with Crippen molar-refractivity contribution in [3.8, 4) is 23.0 Å². The van der Waals surface area contributed by atoms with Gasteiger partial charge in [-0.15, -0.1) is 0 Å². The number of hydrogen-bond donors (Lipinski definition) is 1. The van der Waals surface area contributed by atoms with E-state index < -0.39 is 17.7 Å². The van der Waals surface area contributed by atoms with Crippen molar-refractivity contribution in [2.24, 2.45) is 0 Å². The molecule has 4 aromatic rings. The maximum Gasteiger partial charge on any atom is 0.301 e. The summed E-state index contributed by atoms with van der Waals surface area (Å²) < 4.78 is 23.5. The number of ether oxygens (including phenoxy) is 4. The SMILES string of the molecule is CCOc1ccc(/C(O)=C2\C(=O)C(=O)N(c3nc4ccc(OCC)cc4s3)C2c2ccc(OCC)c(OCC)c2)cc1. The average Bonchev–Trinajstić information content (AvgIpc) is 3.52. The predicted octanol–water partition coefficient (Wildman–Crippen LogP) is 6.52. The van der Waals surface area contributed by atoms with Gasteiger partial charge in [-0.05, 0) is 87.9 Å². The Bertz CT molecular complexity index is 1640. The third kappa shape index (κ3) is 5.49. The highest BCUT2D eigenvalue weighted by Crippen LogP contribution is 2.46. The van der Waals surface area contributed by atoms with Gasteiger partial charge >= 0.3 is 5.91 Å². The number of amides is 1. The van der Waals surface area contributed by atoms with Gasteiger partial charge in [0.25, 0.3) is 5.78 Å². The highest BCUT2D eigenvalue weighted by molar-refractivity contribution is 7.22. The van der Waals surface area contributed by atoms with Gasteiger partial charge in [-0.1, -0.05) is 17.4 Å². The van der Waals surface area contributed by atoms with E-state index in [1.54, 1.807) is 42.5 Å². The van der Waals surface area contributed by atoms with E-state index in [0.717, 1.165) is 4.70 Å². The second-order valence-electron chi connectivity index (χ2n) is 9.26. The molecule has 10 heteroatoms. The molecule has 9 nitrogen and oxygen atoms in total. The minimum atomic E-state index is -0.974. The van der Waals surface area contributed by atoms with Gasteiger partial charge < -0.3 is 24.1 Å². The molecule has 0 saturated carbocycles. The summed E-state index contributed by atoms with van der Waals surface area (Å²) in [7, 11) is 0. The molecule has 0 radical (unpaired) electrons. The van der Waals surface area contributed by atoms with Crippen LogP contribution in [-0.4, -0.2) is 48.2 Å². The number of Topliss-reactive ketones (excluding diaryl/α,β-unsaturated/α-hetero) is 1. The molecule has 1 unspecified atom stereocenters. The highest BCUT2D eigenvalue weighted by atomic mass is 32.1. The molecular weight excluding hydrogens is 556 g/mol. The summed E-state index contributed by atoms with van der Waals surface area (Å²) in [6.07, 6.45) is 0. The number of ketones is 1. The van der Waals surface area contributed by atoms with Gasteiger partial charge in [0.05, 0.1) is 48.3 Å². The number of carbonyl (C=O) groups is 2. The van der Waals surface area contributed by atoms with Gasteiger partial charge in [-0.25, -0.2) is 4.98 Å². The average molecular weight is 589 g/mol. The Kier molecular flexibility index (Phi) is 8.63. The lowest BCUT2D eigenvalue weighted by molar-refractivity contribution is -0.132. The lowest BCUT2D eigenvalue weighted by atomic mass is 9.95. The van der Waals surface area contributed by atoms with Crippen molar-refractivity contribution < 1.29 is 33.6 Å². The number of aliphatic hydroxyl groups excluding tert-OH is 1. The molecule has 218 valence electrons. The Morgan fingerprint density at radius 1 is 0.810 bits per heavy atom. The summed E-state index contributed by atoms with van der Waals surface area (Å²) in [5, 5.41) is 11.8. The third-order valence-electron chi connectivity index (χ3n) is 6.63. The molecule has 1 saturated heterocycles. The zero-order valence-electron chi connectivity index (χ0n) is 23.9. The van der Waals surface area contributed by atoms with Crippen molar-refractivity contribution in [1.29, 1.82) is 0 Å². The normalized spacial score (nSPS) is 16.2. The van der Waals surface area contributed by atoms with E-state index in [1.165, 1.54) is 16.2 Å². The van der Waals surface area contributed by atoms with Crippen LogP contribution in [0.15, 0.2) is 66.2 Å². The Hall–Kier alpha value is -4.57. The molecule has 1 amide bonds. The number of nitrogens with zero attached hydrogens (tertiary/aromatic N) is 2. The van der Waals surface area contributed by atoms with Gasteiger partial charge in [0, 0.05) is 5.56 Å². The number of aromatic nitrogens is 1. The van der Waals surface area contributed by atoms with Crippen LogP contribution in [0.5, 0.6) is 23.0 Å². The van der Waals surface area contributed by atoms with Crippen molar-refractivity contribution in [3.05, 3.63) is 77.4 Å². The molecule has 1 fully saturated rings. The number of carbonyl (C=O) groups excluding carboxylic acids is 2. The van der Waals surface area contributed by atoms with E-state index in [-0.39, 0.29) is 11.3 Å². The maximum atomic E-state index is 13.7. The summed E-state index contributed by atoms with van der Waals surface area (Å²) in [5.41, 5.74) is 1.54. The summed E-state index contributed by atoms with van der Waals surface area (Å²) in [6.45, 7) is 9.34. The van der Waals surface area contributed by atoms with Crippen molar-refractivity contribution >= 4 is 44.1 Å². The van der Waals surface area contributed by atoms with E-state index in [0.29, 0.717) is 71.2 Å². The first-order chi connectivity index (χ1) is 20.4. The Morgan fingerprint density at radius 2 is 1.45 bits per heavy atom. The van der Waals surface area contributed by atoms with Crippen LogP contribution in [0.2, 0.25) is 0 Å². The first-order valence-corrected chi connectivity index (χ1v) is 14.7. The van der Waals surface area contributed by atoms with Crippen LogP contribution in [0.1, 0.15) is 44.9 Å². The zero-order chi connectivity index (χ0) is 29.8. The smallest absolute Gasteiger partial charge is 0.301 e. The minimum absolute atomic E-state index is 0.0509. The number of hydrogen-bond acceptors (Lipinski definition) is 9. The third-order valence-corrected chi connectivity index (χ3v) is 7.65. The van der Waals surface area contributed by atoms with Crippen LogP contribution in [-0.2, 0) is 9.59 Å². The fraction of sp³-hybridized carbons (Fsp3) is 0.281. The van der Waals surface area contributed by atoms with Crippen LogP contribution in [0.3, 0.4) is 0 Å². The summed E-state index contributed by atoms with van der Waals surface area (Å²) in [4.78, 5) is 33.4. The maximum absolute atomic E-state index is 13.7.